The van der Waals surface area contributed by atoms with Crippen LogP contribution in [0.25, 0.3) is 16.6 Å². The van der Waals surface area contributed by atoms with Gasteiger partial charge >= 0.3 is 0 Å². The fourth-order valence-electron chi connectivity index (χ4n) is 3.11. The Balaban J connectivity index is 1.71. The molecule has 0 saturated carbocycles. The van der Waals surface area contributed by atoms with E-state index in [0.29, 0.717) is 5.56 Å². The molecule has 1 aliphatic rings. The van der Waals surface area contributed by atoms with E-state index in [1.54, 1.807) is 16.9 Å². The van der Waals surface area contributed by atoms with Gasteiger partial charge in [0, 0.05) is 18.0 Å². The summed E-state index contributed by atoms with van der Waals surface area (Å²) in [6.45, 7) is 0.0589. The maximum atomic E-state index is 12.1. The molecule has 0 radical (unpaired) electrons. The number of aromatic nitrogens is 2. The summed E-state index contributed by atoms with van der Waals surface area (Å²) in [6, 6.07) is 15.2. The number of likely N-dealkylation sites (N-methyl/N-ethyl adjacent to an activating group) is 1. The number of carbonyl (C=O) groups excluding carboxylic acids is 1. The third kappa shape index (κ3) is 2.54. The molecule has 6 heteroatoms. The number of benzene rings is 2. The van der Waals surface area contributed by atoms with Crippen LogP contribution in [0.1, 0.15) is 5.56 Å². The van der Waals surface area contributed by atoms with Crippen molar-refractivity contribution < 1.29 is 15.0 Å². The molecule has 1 fully saturated rings. The molecule has 0 spiro atoms. The van der Waals surface area contributed by atoms with Gasteiger partial charge in [0.2, 0.25) is 5.60 Å². The summed E-state index contributed by atoms with van der Waals surface area (Å²) in [5, 5.41) is 25.8. The molecular weight excluding hydrogens is 330 g/mol. The van der Waals surface area contributed by atoms with Gasteiger partial charge in [0.05, 0.1) is 23.9 Å². The van der Waals surface area contributed by atoms with Gasteiger partial charge in [0.15, 0.2) is 0 Å². The van der Waals surface area contributed by atoms with Gasteiger partial charge in [0.1, 0.15) is 6.10 Å². The minimum Gasteiger partial charge on any atom is -0.387 e. The molecule has 0 bridgehead atoms. The Kier molecular flexibility index (Phi) is 3.76. The van der Waals surface area contributed by atoms with Crippen molar-refractivity contribution in [3.63, 3.8) is 0 Å². The summed E-state index contributed by atoms with van der Waals surface area (Å²) in [6.07, 6.45) is 0.561. The first-order valence-corrected chi connectivity index (χ1v) is 8.21. The summed E-state index contributed by atoms with van der Waals surface area (Å²) >= 11 is 0. The zero-order chi connectivity index (χ0) is 18.3. The van der Waals surface area contributed by atoms with E-state index >= 15 is 0 Å². The number of fused-ring (bicyclic) bond motifs is 1. The molecular formula is C20H17N3O3. The minimum atomic E-state index is -2.07. The van der Waals surface area contributed by atoms with E-state index in [0.717, 1.165) is 16.6 Å². The minimum absolute atomic E-state index is 0.0589. The van der Waals surface area contributed by atoms with Gasteiger partial charge < -0.3 is 15.1 Å². The van der Waals surface area contributed by atoms with Crippen LogP contribution in [0.5, 0.6) is 0 Å². The fraction of sp³-hybridized carbons (Fsp3) is 0.200. The summed E-state index contributed by atoms with van der Waals surface area (Å²) < 4.78 is 1.80. The number of aliphatic hydroxyl groups is 2. The Bertz CT molecular complexity index is 1060. The maximum absolute atomic E-state index is 12.1. The largest absolute Gasteiger partial charge is 0.387 e. The lowest BCUT2D eigenvalue weighted by Gasteiger charge is -2.16. The number of β-amino-alcohol motifs (C(OH)–C–C–N with tert-alkyl or cyclic N) is 1. The van der Waals surface area contributed by atoms with Crippen LogP contribution < -0.4 is 0 Å². The smallest absolute Gasteiger partial charge is 0.269 e. The van der Waals surface area contributed by atoms with E-state index in [4.69, 9.17) is 0 Å². The van der Waals surface area contributed by atoms with Gasteiger partial charge in [-0.2, -0.15) is 5.10 Å². The molecule has 2 heterocycles. The number of aliphatic hydroxyl groups excluding tert-OH is 1. The molecule has 26 heavy (non-hydrogen) atoms. The number of hydrogen-bond donors (Lipinski definition) is 2. The number of hydrogen-bond acceptors (Lipinski definition) is 4. The molecule has 4 rings (SSSR count). The van der Waals surface area contributed by atoms with Crippen molar-refractivity contribution in [2.24, 2.45) is 0 Å². The standard InChI is InChI=1S/C20H17N3O3/c1-22-13-18(24)20(26,19(22)25)10-9-14-5-4-7-16(11-14)23-17-8-3-2-6-15(17)12-21-23/h2-8,11-12,18,24,26H,13H2,1H3/t18-,20-/m0/s1. The SMILES string of the molecule is CN1C[C@H](O)[C@@](O)(C#Cc2cccc(-n3ncc4ccccc43)c2)C1=O. The molecule has 1 amide bonds. The summed E-state index contributed by atoms with van der Waals surface area (Å²) in [7, 11) is 1.52. The second-order valence-electron chi connectivity index (χ2n) is 6.38. The average molecular weight is 347 g/mol. The highest BCUT2D eigenvalue weighted by Gasteiger charge is 2.50. The maximum Gasteiger partial charge on any atom is 0.269 e. The number of carbonyl (C=O) groups is 1. The van der Waals surface area contributed by atoms with Crippen molar-refractivity contribution >= 4 is 16.8 Å². The molecule has 1 aromatic heterocycles. The first kappa shape index (κ1) is 16.3. The number of para-hydroxylation sites is 1. The van der Waals surface area contributed by atoms with Crippen LogP contribution in [0, 0.1) is 11.8 Å². The van der Waals surface area contributed by atoms with Crippen LogP contribution in [0.4, 0.5) is 0 Å². The topological polar surface area (TPSA) is 78.6 Å². The first-order chi connectivity index (χ1) is 12.5. The molecule has 130 valence electrons. The van der Waals surface area contributed by atoms with Crippen LogP contribution >= 0.6 is 0 Å². The molecule has 1 saturated heterocycles. The molecule has 1 aliphatic heterocycles. The summed E-state index contributed by atoms with van der Waals surface area (Å²) in [5.41, 5.74) is 0.341. The summed E-state index contributed by atoms with van der Waals surface area (Å²) in [4.78, 5) is 13.3. The van der Waals surface area contributed by atoms with Crippen molar-refractivity contribution in [3.05, 3.63) is 60.3 Å². The Morgan fingerprint density at radius 2 is 2.04 bits per heavy atom. The third-order valence-corrected chi connectivity index (χ3v) is 4.57. The van der Waals surface area contributed by atoms with E-state index in [1.807, 2.05) is 42.5 Å². The normalized spacial score (nSPS) is 22.5. The molecule has 0 aliphatic carbocycles. The van der Waals surface area contributed by atoms with Crippen LogP contribution in [0.15, 0.2) is 54.7 Å². The number of amides is 1. The number of rotatable bonds is 1. The van der Waals surface area contributed by atoms with Crippen LogP contribution in [-0.4, -0.2) is 56.1 Å². The van der Waals surface area contributed by atoms with Crippen molar-refractivity contribution in [3.8, 4) is 17.5 Å². The van der Waals surface area contributed by atoms with E-state index in [9.17, 15) is 15.0 Å². The summed E-state index contributed by atoms with van der Waals surface area (Å²) in [5.74, 6) is 4.77. The van der Waals surface area contributed by atoms with E-state index < -0.39 is 17.6 Å². The quantitative estimate of drug-likeness (QED) is 0.642. The van der Waals surface area contributed by atoms with Gasteiger partial charge in [-0.05, 0) is 30.2 Å². The van der Waals surface area contributed by atoms with Gasteiger partial charge in [-0.3, -0.25) is 4.79 Å². The lowest BCUT2D eigenvalue weighted by atomic mass is 10.00. The fourth-order valence-corrected chi connectivity index (χ4v) is 3.11. The van der Waals surface area contributed by atoms with Gasteiger partial charge in [-0.25, -0.2) is 4.68 Å². The van der Waals surface area contributed by atoms with Gasteiger partial charge in [0.25, 0.3) is 5.91 Å². The van der Waals surface area contributed by atoms with Crippen LogP contribution in [0.3, 0.4) is 0 Å². The number of likely N-dealkylation sites (tertiary alicyclic amines) is 1. The van der Waals surface area contributed by atoms with Gasteiger partial charge in [-0.15, -0.1) is 0 Å². The highest BCUT2D eigenvalue weighted by molar-refractivity contribution is 5.91. The monoisotopic (exact) mass is 347 g/mol. The number of nitrogens with zero attached hydrogens (tertiary/aromatic N) is 3. The second kappa shape index (κ2) is 5.99. The molecule has 2 N–H and O–H groups in total. The lowest BCUT2D eigenvalue weighted by Crippen LogP contribution is -2.44. The zero-order valence-corrected chi connectivity index (χ0v) is 14.1. The van der Waals surface area contributed by atoms with Crippen molar-refractivity contribution in [1.82, 2.24) is 14.7 Å². The predicted molar refractivity (Wildman–Crippen MR) is 96.5 cm³/mol. The van der Waals surface area contributed by atoms with Crippen LogP contribution in [-0.2, 0) is 4.79 Å². The first-order valence-electron chi connectivity index (χ1n) is 8.21. The highest BCUT2D eigenvalue weighted by Crippen LogP contribution is 2.22. The van der Waals surface area contributed by atoms with E-state index in [1.165, 1.54) is 11.9 Å². The van der Waals surface area contributed by atoms with Crippen molar-refractivity contribution in [1.29, 1.82) is 0 Å². The lowest BCUT2D eigenvalue weighted by molar-refractivity contribution is -0.140. The van der Waals surface area contributed by atoms with E-state index in [2.05, 4.69) is 16.9 Å². The Morgan fingerprint density at radius 3 is 2.81 bits per heavy atom. The zero-order valence-electron chi connectivity index (χ0n) is 14.1. The van der Waals surface area contributed by atoms with E-state index in [-0.39, 0.29) is 6.54 Å². The highest BCUT2D eigenvalue weighted by atomic mass is 16.4. The molecule has 3 aromatic rings. The van der Waals surface area contributed by atoms with Crippen LogP contribution in [0.2, 0.25) is 0 Å². The van der Waals surface area contributed by atoms with Gasteiger partial charge in [-0.1, -0.05) is 30.2 Å². The molecule has 2 atom stereocenters. The third-order valence-electron chi connectivity index (χ3n) is 4.57. The molecule has 0 unspecified atom stereocenters. The van der Waals surface area contributed by atoms with Crippen molar-refractivity contribution in [2.75, 3.05) is 13.6 Å². The predicted octanol–water partition coefficient (Wildman–Crippen LogP) is 0.941. The Hall–Kier alpha value is -3.14. The average Bonchev–Trinajstić information content (AvgIpc) is 3.16. The Morgan fingerprint density at radius 1 is 1.23 bits per heavy atom. The Labute approximate surface area is 150 Å². The second-order valence-corrected chi connectivity index (χ2v) is 6.38. The molecule has 6 nitrogen and oxygen atoms in total. The molecule has 2 aromatic carbocycles. The van der Waals surface area contributed by atoms with Crippen molar-refractivity contribution in [2.45, 2.75) is 11.7 Å².